The van der Waals surface area contributed by atoms with Crippen LogP contribution in [0.2, 0.25) is 5.02 Å². The van der Waals surface area contributed by atoms with E-state index in [1.165, 1.54) is 6.21 Å². The van der Waals surface area contributed by atoms with Gasteiger partial charge >= 0.3 is 0 Å². The Morgan fingerprint density at radius 1 is 1.15 bits per heavy atom. The lowest BCUT2D eigenvalue weighted by Crippen LogP contribution is -2.48. The van der Waals surface area contributed by atoms with Crippen molar-refractivity contribution in [3.63, 3.8) is 0 Å². The molecule has 6 nitrogen and oxygen atoms in total. The molecule has 33 heavy (non-hydrogen) atoms. The molecule has 3 aromatic rings. The largest absolute Gasteiger partial charge is 0.480 e. The summed E-state index contributed by atoms with van der Waals surface area (Å²) in [5.74, 6) is 1.99. The van der Waals surface area contributed by atoms with Crippen LogP contribution >= 0.6 is 11.6 Å². The van der Waals surface area contributed by atoms with E-state index in [1.807, 2.05) is 50.2 Å². The highest BCUT2D eigenvalue weighted by atomic mass is 35.5. The fourth-order valence-electron chi connectivity index (χ4n) is 3.27. The number of carbonyl (C=O) groups excluding carboxylic acids is 2. The van der Waals surface area contributed by atoms with Crippen molar-refractivity contribution in [1.29, 1.82) is 0 Å². The molecule has 3 aromatic carbocycles. The van der Waals surface area contributed by atoms with Gasteiger partial charge in [0.2, 0.25) is 0 Å². The zero-order chi connectivity index (χ0) is 23.8. The second kappa shape index (κ2) is 11.2. The number of halogens is 1. The summed E-state index contributed by atoms with van der Waals surface area (Å²) < 4.78 is 5.64. The summed E-state index contributed by atoms with van der Waals surface area (Å²) in [5.41, 5.74) is 3.58. The predicted octanol–water partition coefficient (Wildman–Crippen LogP) is 4.41. The third-order valence-corrected chi connectivity index (χ3v) is 5.17. The Labute approximate surface area is 198 Å². The Kier molecular flexibility index (Phi) is 8.06. The average Bonchev–Trinajstić information content (AvgIpc) is 2.81. The quantitative estimate of drug-likeness (QED) is 0.296. The number of benzene rings is 3. The van der Waals surface area contributed by atoms with Crippen LogP contribution in [0.1, 0.15) is 29.8 Å². The van der Waals surface area contributed by atoms with E-state index in [-0.39, 0.29) is 12.5 Å². The number of nitrogens with zero attached hydrogens (tertiary/aromatic N) is 1. The maximum absolute atomic E-state index is 12.8. The maximum Gasteiger partial charge on any atom is 0.262 e. The summed E-state index contributed by atoms with van der Waals surface area (Å²) in [4.78, 5) is 25.4. The Morgan fingerprint density at radius 2 is 1.94 bits per heavy atom. The van der Waals surface area contributed by atoms with Gasteiger partial charge < -0.3 is 10.1 Å². The second-order valence-electron chi connectivity index (χ2n) is 7.63. The normalized spacial score (nSPS) is 11.8. The molecule has 0 aliphatic carbocycles. The van der Waals surface area contributed by atoms with Gasteiger partial charge in [0.15, 0.2) is 0 Å². The minimum absolute atomic E-state index is 0.108. The van der Waals surface area contributed by atoms with Crippen molar-refractivity contribution < 1.29 is 14.3 Å². The van der Waals surface area contributed by atoms with Crippen LogP contribution in [0.25, 0.3) is 10.8 Å². The van der Waals surface area contributed by atoms with Crippen LogP contribution in [0.3, 0.4) is 0 Å². The van der Waals surface area contributed by atoms with E-state index in [4.69, 9.17) is 22.8 Å². The van der Waals surface area contributed by atoms with Crippen LogP contribution in [0.5, 0.6) is 5.75 Å². The van der Waals surface area contributed by atoms with Gasteiger partial charge in [-0.3, -0.25) is 9.59 Å². The highest BCUT2D eigenvalue weighted by Gasteiger charge is 2.24. The van der Waals surface area contributed by atoms with Crippen molar-refractivity contribution in [2.75, 3.05) is 6.61 Å². The Bertz CT molecular complexity index is 1230. The fraction of sp³-hybridized carbons (Fsp3) is 0.192. The molecule has 1 unspecified atom stereocenters. The number of amides is 2. The van der Waals surface area contributed by atoms with Crippen molar-refractivity contribution in [2.45, 2.75) is 19.9 Å². The van der Waals surface area contributed by atoms with E-state index < -0.39 is 17.9 Å². The van der Waals surface area contributed by atoms with Crippen LogP contribution in [0, 0.1) is 18.3 Å². The van der Waals surface area contributed by atoms with Gasteiger partial charge in [-0.1, -0.05) is 67.8 Å². The number of rotatable bonds is 8. The summed E-state index contributed by atoms with van der Waals surface area (Å²) in [5, 5.41) is 9.21. The third kappa shape index (κ3) is 6.12. The number of nitrogens with one attached hydrogen (secondary N) is 2. The standard InChI is InChI=1S/C26H24ClN3O3/c1-4-14-33-23-13-12-18-8-5-6-11-21(18)22(23)16-28-30-26(32)24(17(2)3)29-25(31)19-9-7-10-20(27)15-19/h1,5-13,15-17,24H,14H2,2-3H3,(H,29,31)(H,30,32)/b28-16+. The Hall–Kier alpha value is -3.82. The summed E-state index contributed by atoms with van der Waals surface area (Å²) >= 11 is 5.96. The van der Waals surface area contributed by atoms with Crippen LogP contribution in [0.4, 0.5) is 0 Å². The molecule has 0 aliphatic rings. The molecule has 0 spiro atoms. The smallest absolute Gasteiger partial charge is 0.262 e. The molecule has 2 N–H and O–H groups in total. The van der Waals surface area contributed by atoms with Crippen molar-refractivity contribution in [3.05, 3.63) is 76.8 Å². The molecule has 2 amide bonds. The van der Waals surface area contributed by atoms with E-state index >= 15 is 0 Å². The summed E-state index contributed by atoms with van der Waals surface area (Å²) in [6.45, 7) is 3.78. The first-order valence-corrected chi connectivity index (χ1v) is 10.8. The van der Waals surface area contributed by atoms with Crippen LogP contribution < -0.4 is 15.5 Å². The number of hydrogen-bond donors (Lipinski definition) is 2. The fourth-order valence-corrected chi connectivity index (χ4v) is 3.46. The van der Waals surface area contributed by atoms with Crippen molar-refractivity contribution in [1.82, 2.24) is 10.7 Å². The van der Waals surface area contributed by atoms with Gasteiger partial charge in [0, 0.05) is 16.1 Å². The Morgan fingerprint density at radius 3 is 2.67 bits per heavy atom. The zero-order valence-electron chi connectivity index (χ0n) is 18.3. The molecule has 0 fully saturated rings. The predicted molar refractivity (Wildman–Crippen MR) is 132 cm³/mol. The number of carbonyl (C=O) groups is 2. The van der Waals surface area contributed by atoms with Gasteiger partial charge in [-0.05, 0) is 41.0 Å². The Balaban J connectivity index is 1.78. The SMILES string of the molecule is C#CCOc1ccc2ccccc2c1/C=N/NC(=O)C(NC(=O)c1cccc(Cl)c1)C(C)C. The first-order valence-electron chi connectivity index (χ1n) is 10.4. The summed E-state index contributed by atoms with van der Waals surface area (Å²) in [7, 11) is 0. The molecule has 0 saturated heterocycles. The van der Waals surface area contributed by atoms with Gasteiger partial charge in [-0.15, -0.1) is 6.42 Å². The minimum Gasteiger partial charge on any atom is -0.480 e. The van der Waals surface area contributed by atoms with Crippen molar-refractivity contribution in [2.24, 2.45) is 11.0 Å². The van der Waals surface area contributed by atoms with E-state index in [0.717, 1.165) is 10.8 Å². The molecule has 0 aliphatic heterocycles. The molecule has 0 heterocycles. The van der Waals surface area contributed by atoms with Crippen molar-refractivity contribution in [3.8, 4) is 18.1 Å². The third-order valence-electron chi connectivity index (χ3n) is 4.93. The molecule has 0 saturated carbocycles. The van der Waals surface area contributed by atoms with Gasteiger partial charge in [0.25, 0.3) is 11.8 Å². The molecule has 3 rings (SSSR count). The van der Waals surface area contributed by atoms with Crippen molar-refractivity contribution >= 4 is 40.4 Å². The zero-order valence-corrected chi connectivity index (χ0v) is 19.1. The molecule has 0 bridgehead atoms. The maximum atomic E-state index is 12.8. The minimum atomic E-state index is -0.793. The first-order chi connectivity index (χ1) is 15.9. The van der Waals surface area contributed by atoms with E-state index in [9.17, 15) is 9.59 Å². The van der Waals surface area contributed by atoms with Gasteiger partial charge in [0.1, 0.15) is 18.4 Å². The monoisotopic (exact) mass is 461 g/mol. The van der Waals surface area contributed by atoms with Crippen LogP contribution in [-0.2, 0) is 4.79 Å². The number of fused-ring (bicyclic) bond motifs is 1. The van der Waals surface area contributed by atoms with E-state index in [2.05, 4.69) is 21.8 Å². The van der Waals surface area contributed by atoms with Gasteiger partial charge in [0.05, 0.1) is 6.21 Å². The van der Waals surface area contributed by atoms with Gasteiger partial charge in [-0.2, -0.15) is 5.10 Å². The molecule has 0 aromatic heterocycles. The number of hydrogen-bond acceptors (Lipinski definition) is 4. The number of terminal acetylenes is 1. The molecular weight excluding hydrogens is 438 g/mol. The summed E-state index contributed by atoms with van der Waals surface area (Å²) in [6, 6.07) is 17.2. The van der Waals surface area contributed by atoms with E-state index in [1.54, 1.807) is 24.3 Å². The first kappa shape index (κ1) is 23.8. The topological polar surface area (TPSA) is 79.8 Å². The molecule has 0 radical (unpaired) electrons. The average molecular weight is 462 g/mol. The lowest BCUT2D eigenvalue weighted by molar-refractivity contribution is -0.123. The highest BCUT2D eigenvalue weighted by Crippen LogP contribution is 2.26. The molecule has 168 valence electrons. The highest BCUT2D eigenvalue weighted by molar-refractivity contribution is 6.31. The lowest BCUT2D eigenvalue weighted by Gasteiger charge is -2.20. The van der Waals surface area contributed by atoms with Crippen LogP contribution in [0.15, 0.2) is 65.8 Å². The molecule has 7 heteroatoms. The van der Waals surface area contributed by atoms with Gasteiger partial charge in [-0.25, -0.2) is 5.43 Å². The number of hydrazone groups is 1. The summed E-state index contributed by atoms with van der Waals surface area (Å²) in [6.07, 6.45) is 6.84. The van der Waals surface area contributed by atoms with Crippen LogP contribution in [-0.4, -0.2) is 30.7 Å². The van der Waals surface area contributed by atoms with E-state index in [0.29, 0.717) is 21.9 Å². The number of ether oxygens (including phenoxy) is 1. The lowest BCUT2D eigenvalue weighted by atomic mass is 10.0. The second-order valence-corrected chi connectivity index (χ2v) is 8.07. The molecular formula is C26H24ClN3O3. The molecule has 1 atom stereocenters.